The topological polar surface area (TPSA) is 160 Å². The van der Waals surface area contributed by atoms with Crippen molar-refractivity contribution in [2.75, 3.05) is 10.6 Å². The maximum absolute atomic E-state index is 11.3. The second kappa shape index (κ2) is 8.98. The highest BCUT2D eigenvalue weighted by molar-refractivity contribution is 7.74. The van der Waals surface area contributed by atoms with E-state index in [2.05, 4.69) is 10.6 Å². The van der Waals surface area contributed by atoms with Gasteiger partial charge in [-0.25, -0.2) is 4.21 Å². The minimum absolute atomic E-state index is 0.0106. The second-order valence-corrected chi connectivity index (χ2v) is 6.41. The lowest BCUT2D eigenvalue weighted by Gasteiger charge is -2.16. The molecule has 3 rings (SSSR count). The van der Waals surface area contributed by atoms with E-state index in [1.807, 2.05) is 6.07 Å². The first-order chi connectivity index (χ1) is 14.3. The molecule has 1 unspecified atom stereocenters. The fourth-order valence-electron chi connectivity index (χ4n) is 2.57. The summed E-state index contributed by atoms with van der Waals surface area (Å²) in [5, 5.41) is 27.9. The van der Waals surface area contributed by atoms with E-state index in [9.17, 15) is 29.0 Å². The zero-order valence-corrected chi connectivity index (χ0v) is 15.8. The van der Waals surface area contributed by atoms with Crippen molar-refractivity contribution in [3.8, 4) is 5.75 Å². The van der Waals surface area contributed by atoms with Crippen LogP contribution in [0, 0.1) is 20.2 Å². The van der Waals surface area contributed by atoms with Crippen LogP contribution in [0.4, 0.5) is 34.1 Å². The Morgan fingerprint density at radius 3 is 2.10 bits per heavy atom. The van der Waals surface area contributed by atoms with E-state index in [-0.39, 0.29) is 17.1 Å². The van der Waals surface area contributed by atoms with E-state index in [4.69, 9.17) is 4.18 Å². The summed E-state index contributed by atoms with van der Waals surface area (Å²) in [5.41, 5.74) is 0.348. The number of nitro groups is 2. The number of rotatable bonds is 8. The lowest BCUT2D eigenvalue weighted by Crippen LogP contribution is -2.03. The van der Waals surface area contributed by atoms with Gasteiger partial charge in [0.1, 0.15) is 17.0 Å². The molecule has 0 amide bonds. The van der Waals surface area contributed by atoms with Gasteiger partial charge in [-0.15, -0.1) is 0 Å². The molecule has 0 saturated heterocycles. The fraction of sp³-hybridized carbons (Fsp3) is 0. The van der Waals surface area contributed by atoms with Gasteiger partial charge in [0.15, 0.2) is 5.75 Å². The van der Waals surface area contributed by atoms with E-state index in [0.29, 0.717) is 11.4 Å². The van der Waals surface area contributed by atoms with Crippen LogP contribution < -0.4 is 14.8 Å². The quantitative estimate of drug-likeness (QED) is 0.304. The average Bonchev–Trinajstić information content (AvgIpc) is 2.70. The first-order valence-electron chi connectivity index (χ1n) is 8.27. The maximum atomic E-state index is 11.3. The summed E-state index contributed by atoms with van der Waals surface area (Å²) in [5.74, 6) is -0.0539. The van der Waals surface area contributed by atoms with Crippen molar-refractivity contribution in [3.05, 3.63) is 87.0 Å². The number of hydrogen-bond acceptors (Lipinski definition) is 9. The van der Waals surface area contributed by atoms with Crippen LogP contribution in [0.2, 0.25) is 0 Å². The summed E-state index contributed by atoms with van der Waals surface area (Å²) >= 11 is -2.86. The molecule has 0 aromatic heterocycles. The summed E-state index contributed by atoms with van der Waals surface area (Å²) in [4.78, 5) is 20.6. The zero-order chi connectivity index (χ0) is 21.7. The van der Waals surface area contributed by atoms with Crippen LogP contribution in [0.1, 0.15) is 0 Å². The van der Waals surface area contributed by atoms with Gasteiger partial charge < -0.3 is 19.4 Å². The van der Waals surface area contributed by atoms with Crippen molar-refractivity contribution >= 4 is 45.5 Å². The molecule has 3 aromatic carbocycles. The lowest BCUT2D eigenvalue weighted by atomic mass is 10.2. The third kappa shape index (κ3) is 5.06. The van der Waals surface area contributed by atoms with Crippen LogP contribution in [0.5, 0.6) is 5.75 Å². The van der Waals surface area contributed by atoms with E-state index >= 15 is 0 Å². The number of nitrogens with zero attached hydrogens (tertiary/aromatic N) is 2. The molecule has 0 bridgehead atoms. The molecule has 0 radical (unpaired) electrons. The average molecular weight is 429 g/mol. The maximum Gasteiger partial charge on any atom is 0.299 e. The third-order valence-electron chi connectivity index (χ3n) is 3.86. The predicted octanol–water partition coefficient (Wildman–Crippen LogP) is 4.16. The molecule has 0 fully saturated rings. The zero-order valence-electron chi connectivity index (χ0n) is 15.0. The normalized spacial score (nSPS) is 11.4. The molecule has 0 aliphatic carbocycles. The van der Waals surface area contributed by atoms with Gasteiger partial charge in [-0.2, -0.15) is 0 Å². The van der Waals surface area contributed by atoms with Gasteiger partial charge in [0.05, 0.1) is 21.6 Å². The van der Waals surface area contributed by atoms with E-state index in [1.54, 1.807) is 24.3 Å². The number of anilines is 4. The molecule has 1 atom stereocenters. The number of nitro benzene ring substituents is 2. The van der Waals surface area contributed by atoms with E-state index < -0.39 is 32.6 Å². The number of non-ortho nitro benzene ring substituents is 1. The van der Waals surface area contributed by atoms with Crippen molar-refractivity contribution in [1.82, 2.24) is 0 Å². The lowest BCUT2D eigenvalue weighted by molar-refractivity contribution is -0.393. The Morgan fingerprint density at radius 1 is 0.800 bits per heavy atom. The van der Waals surface area contributed by atoms with Gasteiger partial charge >= 0.3 is 0 Å². The van der Waals surface area contributed by atoms with Gasteiger partial charge in [0, 0.05) is 23.5 Å². The Morgan fingerprint density at radius 2 is 1.47 bits per heavy atom. The van der Waals surface area contributed by atoms with Crippen LogP contribution in [0.3, 0.4) is 0 Å². The molecular formula is C18H13N4O7S-. The molecule has 2 N–H and O–H groups in total. The first-order valence-corrected chi connectivity index (χ1v) is 9.27. The summed E-state index contributed by atoms with van der Waals surface area (Å²) < 4.78 is 26.9. The minimum atomic E-state index is -2.86. The predicted molar refractivity (Wildman–Crippen MR) is 109 cm³/mol. The molecule has 30 heavy (non-hydrogen) atoms. The molecule has 0 heterocycles. The number of hydrogen-bond donors (Lipinski definition) is 2. The van der Waals surface area contributed by atoms with Gasteiger partial charge in [0.2, 0.25) is 0 Å². The smallest absolute Gasteiger partial charge is 0.299 e. The van der Waals surface area contributed by atoms with Gasteiger partial charge in [0.25, 0.3) is 11.4 Å². The SMILES string of the molecule is O=[N+]([O-])c1ccc(Nc2ccc(Nc3ccccc3)c(OS(=O)[O-])c2)c([N+](=O)[O-])c1. The Bertz CT molecular complexity index is 1120. The third-order valence-corrected chi connectivity index (χ3v) is 4.18. The Hall–Kier alpha value is -4.03. The van der Waals surface area contributed by atoms with E-state index in [1.165, 1.54) is 24.3 Å². The van der Waals surface area contributed by atoms with Crippen LogP contribution in [0.25, 0.3) is 0 Å². The highest BCUT2D eigenvalue weighted by Gasteiger charge is 2.20. The van der Waals surface area contributed by atoms with Crippen LogP contribution in [-0.4, -0.2) is 18.6 Å². The standard InChI is InChI=1S/C18H14N4O7S/c23-21(24)14-7-9-15(17(11-14)22(25)26)20-13-6-8-16(18(10-13)29-30(27)28)19-12-4-2-1-3-5-12/h1-11,19-20H,(H,27,28)/p-1. The summed E-state index contributed by atoms with van der Waals surface area (Å²) in [7, 11) is 0. The number of nitrogens with one attached hydrogen (secondary N) is 2. The molecule has 3 aromatic rings. The van der Waals surface area contributed by atoms with Gasteiger partial charge in [-0.1, -0.05) is 18.2 Å². The molecule has 12 heteroatoms. The highest BCUT2D eigenvalue weighted by Crippen LogP contribution is 2.35. The van der Waals surface area contributed by atoms with E-state index in [0.717, 1.165) is 12.1 Å². The Labute approximate surface area is 172 Å². The van der Waals surface area contributed by atoms with Crippen LogP contribution in [-0.2, 0) is 11.4 Å². The monoisotopic (exact) mass is 429 g/mol. The summed E-state index contributed by atoms with van der Waals surface area (Å²) in [6.07, 6.45) is 0. The first kappa shape index (κ1) is 20.7. The molecule has 0 spiro atoms. The number of para-hydroxylation sites is 1. The van der Waals surface area contributed by atoms with Crippen molar-refractivity contribution in [2.24, 2.45) is 0 Å². The molecule has 0 saturated carbocycles. The summed E-state index contributed by atoms with van der Waals surface area (Å²) in [6, 6.07) is 16.5. The number of benzene rings is 3. The van der Waals surface area contributed by atoms with Crippen molar-refractivity contribution in [3.63, 3.8) is 0 Å². The van der Waals surface area contributed by atoms with Gasteiger partial charge in [-0.05, 0) is 30.3 Å². The van der Waals surface area contributed by atoms with Crippen molar-refractivity contribution in [2.45, 2.75) is 0 Å². The van der Waals surface area contributed by atoms with Crippen molar-refractivity contribution < 1.29 is 22.8 Å². The molecule has 0 aliphatic rings. The second-order valence-electron chi connectivity index (χ2n) is 5.83. The summed E-state index contributed by atoms with van der Waals surface area (Å²) in [6.45, 7) is 0. The molecule has 0 aliphatic heterocycles. The van der Waals surface area contributed by atoms with Crippen LogP contribution in [0.15, 0.2) is 66.7 Å². The van der Waals surface area contributed by atoms with Crippen LogP contribution >= 0.6 is 0 Å². The molecule has 11 nitrogen and oxygen atoms in total. The fourth-order valence-corrected chi connectivity index (χ4v) is 2.85. The molecule has 154 valence electrons. The highest BCUT2D eigenvalue weighted by atomic mass is 32.2. The Balaban J connectivity index is 1.94. The Kier molecular flexibility index (Phi) is 6.20. The minimum Gasteiger partial charge on any atom is -0.740 e. The van der Waals surface area contributed by atoms with Crippen molar-refractivity contribution in [1.29, 1.82) is 0 Å². The largest absolute Gasteiger partial charge is 0.740 e. The van der Waals surface area contributed by atoms with Gasteiger partial charge in [-0.3, -0.25) is 20.2 Å². The molecular weight excluding hydrogens is 416 g/mol.